The van der Waals surface area contributed by atoms with Crippen molar-refractivity contribution in [3.63, 3.8) is 0 Å². The lowest BCUT2D eigenvalue weighted by Gasteiger charge is -2.36. The summed E-state index contributed by atoms with van der Waals surface area (Å²) in [7, 11) is 0. The molecule has 0 aromatic heterocycles. The summed E-state index contributed by atoms with van der Waals surface area (Å²) in [4.78, 5) is 26.2. The van der Waals surface area contributed by atoms with Gasteiger partial charge < -0.3 is 4.74 Å². The van der Waals surface area contributed by atoms with Gasteiger partial charge in [-0.1, -0.05) is 33.3 Å². The number of rotatable bonds is 4. The van der Waals surface area contributed by atoms with Crippen molar-refractivity contribution >= 4 is 17.7 Å². The standard InChI is InChI=1S/C18H23NO3/c1-12(2)16-8-7-13(3)9-17(16)22-18(21)14-5-4-6-15(10-14)19-11-20/h4-6,10,12-13,16-17H,7-9H2,1-3H3/t13-,16+,17-/m1/s1. The summed E-state index contributed by atoms with van der Waals surface area (Å²) in [5.74, 6) is 1.15. The number of nitrogens with zero attached hydrogens (tertiary/aromatic N) is 1. The lowest BCUT2D eigenvalue weighted by atomic mass is 9.75. The molecular formula is C18H23NO3. The Balaban J connectivity index is 2.12. The van der Waals surface area contributed by atoms with E-state index >= 15 is 0 Å². The number of aliphatic imine (C=N–C) groups is 1. The van der Waals surface area contributed by atoms with Gasteiger partial charge in [0.25, 0.3) is 0 Å². The van der Waals surface area contributed by atoms with E-state index in [9.17, 15) is 9.59 Å². The first-order valence-corrected chi connectivity index (χ1v) is 7.90. The lowest BCUT2D eigenvalue weighted by Crippen LogP contribution is -2.35. The molecule has 1 aliphatic rings. The van der Waals surface area contributed by atoms with Gasteiger partial charge in [-0.2, -0.15) is 4.99 Å². The predicted octanol–water partition coefficient (Wildman–Crippen LogP) is 4.27. The van der Waals surface area contributed by atoms with Crippen LogP contribution in [0.15, 0.2) is 29.3 Å². The van der Waals surface area contributed by atoms with Gasteiger partial charge >= 0.3 is 5.97 Å². The van der Waals surface area contributed by atoms with Crippen molar-refractivity contribution in [1.29, 1.82) is 0 Å². The highest BCUT2D eigenvalue weighted by Gasteiger charge is 2.33. The molecule has 118 valence electrons. The average molecular weight is 301 g/mol. The van der Waals surface area contributed by atoms with Crippen molar-refractivity contribution < 1.29 is 14.3 Å². The van der Waals surface area contributed by atoms with Crippen molar-refractivity contribution in [2.45, 2.75) is 46.1 Å². The van der Waals surface area contributed by atoms with Gasteiger partial charge in [0.15, 0.2) is 0 Å². The SMILES string of the molecule is CC(C)[C@@H]1CC[C@@H](C)C[C@H]1OC(=O)c1cccc(N=C=O)c1. The molecule has 0 N–H and O–H groups in total. The fourth-order valence-electron chi connectivity index (χ4n) is 3.21. The molecule has 0 aliphatic heterocycles. The van der Waals surface area contributed by atoms with E-state index in [-0.39, 0.29) is 12.1 Å². The van der Waals surface area contributed by atoms with Crippen LogP contribution in [0.1, 0.15) is 50.4 Å². The number of carbonyl (C=O) groups excluding carboxylic acids is 2. The molecule has 0 amide bonds. The van der Waals surface area contributed by atoms with E-state index in [0.717, 1.165) is 12.8 Å². The molecule has 0 spiro atoms. The number of esters is 1. The smallest absolute Gasteiger partial charge is 0.338 e. The first-order valence-electron chi connectivity index (χ1n) is 7.90. The zero-order chi connectivity index (χ0) is 16.1. The number of carbonyl (C=O) groups is 1. The van der Waals surface area contributed by atoms with Crippen molar-refractivity contribution in [3.8, 4) is 0 Å². The van der Waals surface area contributed by atoms with Crippen LogP contribution in [0.25, 0.3) is 0 Å². The molecule has 22 heavy (non-hydrogen) atoms. The Morgan fingerprint density at radius 1 is 1.36 bits per heavy atom. The van der Waals surface area contributed by atoms with Crippen LogP contribution in [0.5, 0.6) is 0 Å². The number of isocyanates is 1. The maximum absolute atomic E-state index is 12.4. The Morgan fingerprint density at radius 3 is 2.82 bits per heavy atom. The molecule has 1 aromatic carbocycles. The Hall–Kier alpha value is -1.93. The molecule has 4 heteroatoms. The van der Waals surface area contributed by atoms with Crippen LogP contribution in [0.4, 0.5) is 5.69 Å². The summed E-state index contributed by atoms with van der Waals surface area (Å²) >= 11 is 0. The van der Waals surface area contributed by atoms with E-state index in [1.54, 1.807) is 24.3 Å². The Morgan fingerprint density at radius 2 is 2.14 bits per heavy atom. The summed E-state index contributed by atoms with van der Waals surface area (Å²) in [6.07, 6.45) is 4.67. The van der Waals surface area contributed by atoms with Crippen LogP contribution in [0.2, 0.25) is 0 Å². The minimum atomic E-state index is -0.340. The van der Waals surface area contributed by atoms with E-state index in [2.05, 4.69) is 25.8 Å². The average Bonchev–Trinajstić information content (AvgIpc) is 2.47. The number of hydrogen-bond acceptors (Lipinski definition) is 4. The fraction of sp³-hybridized carbons (Fsp3) is 0.556. The number of ether oxygens (including phenoxy) is 1. The number of hydrogen-bond donors (Lipinski definition) is 0. The van der Waals surface area contributed by atoms with Gasteiger partial charge in [-0.25, -0.2) is 9.59 Å². The van der Waals surface area contributed by atoms with Gasteiger partial charge in [0.2, 0.25) is 6.08 Å². The minimum absolute atomic E-state index is 0.0329. The summed E-state index contributed by atoms with van der Waals surface area (Å²) in [5.41, 5.74) is 0.846. The van der Waals surface area contributed by atoms with Gasteiger partial charge in [0, 0.05) is 0 Å². The van der Waals surface area contributed by atoms with Crippen LogP contribution in [0.3, 0.4) is 0 Å². The molecular weight excluding hydrogens is 278 g/mol. The largest absolute Gasteiger partial charge is 0.458 e. The summed E-state index contributed by atoms with van der Waals surface area (Å²) < 4.78 is 5.78. The van der Waals surface area contributed by atoms with E-state index < -0.39 is 0 Å². The zero-order valence-corrected chi connectivity index (χ0v) is 13.4. The normalized spacial score (nSPS) is 24.6. The van der Waals surface area contributed by atoms with Gasteiger partial charge in [0.1, 0.15) is 6.10 Å². The molecule has 0 bridgehead atoms. The second-order valence-corrected chi connectivity index (χ2v) is 6.52. The fourth-order valence-corrected chi connectivity index (χ4v) is 3.21. The van der Waals surface area contributed by atoms with E-state index in [4.69, 9.17) is 4.74 Å². The van der Waals surface area contributed by atoms with Crippen molar-refractivity contribution in [1.82, 2.24) is 0 Å². The molecule has 0 unspecified atom stereocenters. The Kier molecular flexibility index (Phi) is 5.51. The Labute approximate surface area is 131 Å². The molecule has 0 radical (unpaired) electrons. The summed E-state index contributed by atoms with van der Waals surface area (Å²) in [6, 6.07) is 6.59. The quantitative estimate of drug-likeness (QED) is 0.474. The molecule has 1 aliphatic carbocycles. The molecule has 1 saturated carbocycles. The maximum atomic E-state index is 12.4. The third kappa shape index (κ3) is 4.05. The summed E-state index contributed by atoms with van der Waals surface area (Å²) in [6.45, 7) is 6.57. The monoisotopic (exact) mass is 301 g/mol. The van der Waals surface area contributed by atoms with E-state index in [1.807, 2.05) is 0 Å². The topological polar surface area (TPSA) is 55.7 Å². The second-order valence-electron chi connectivity index (χ2n) is 6.52. The van der Waals surface area contributed by atoms with Crippen molar-refractivity contribution in [2.24, 2.45) is 22.7 Å². The van der Waals surface area contributed by atoms with Crippen molar-refractivity contribution in [2.75, 3.05) is 0 Å². The van der Waals surface area contributed by atoms with Gasteiger partial charge in [-0.05, 0) is 48.8 Å². The zero-order valence-electron chi connectivity index (χ0n) is 13.4. The van der Waals surface area contributed by atoms with Gasteiger partial charge in [-0.15, -0.1) is 0 Å². The Bertz CT molecular complexity index is 575. The van der Waals surface area contributed by atoms with E-state index in [1.165, 1.54) is 12.5 Å². The summed E-state index contributed by atoms with van der Waals surface area (Å²) in [5, 5.41) is 0. The maximum Gasteiger partial charge on any atom is 0.338 e. The van der Waals surface area contributed by atoms with Crippen LogP contribution in [0, 0.1) is 17.8 Å². The molecule has 1 fully saturated rings. The second kappa shape index (κ2) is 7.37. The third-order valence-electron chi connectivity index (χ3n) is 4.48. The molecule has 4 nitrogen and oxygen atoms in total. The van der Waals surface area contributed by atoms with Gasteiger partial charge in [0.05, 0.1) is 11.3 Å². The minimum Gasteiger partial charge on any atom is -0.458 e. The molecule has 1 aromatic rings. The first-order chi connectivity index (χ1) is 10.5. The van der Waals surface area contributed by atoms with Crippen LogP contribution in [-0.2, 0) is 9.53 Å². The highest BCUT2D eigenvalue weighted by Crippen LogP contribution is 2.35. The van der Waals surface area contributed by atoms with Crippen LogP contribution < -0.4 is 0 Å². The van der Waals surface area contributed by atoms with Crippen LogP contribution >= 0.6 is 0 Å². The van der Waals surface area contributed by atoms with Crippen molar-refractivity contribution in [3.05, 3.63) is 29.8 Å². The first kappa shape index (κ1) is 16.4. The molecule has 0 heterocycles. The highest BCUT2D eigenvalue weighted by molar-refractivity contribution is 5.90. The third-order valence-corrected chi connectivity index (χ3v) is 4.48. The lowest BCUT2D eigenvalue weighted by molar-refractivity contribution is -0.0174. The van der Waals surface area contributed by atoms with E-state index in [0.29, 0.717) is 29.0 Å². The molecule has 3 atom stereocenters. The molecule has 0 saturated heterocycles. The predicted molar refractivity (Wildman–Crippen MR) is 84.8 cm³/mol. The van der Waals surface area contributed by atoms with Crippen LogP contribution in [-0.4, -0.2) is 18.2 Å². The number of benzene rings is 1. The highest BCUT2D eigenvalue weighted by atomic mass is 16.5. The van der Waals surface area contributed by atoms with Gasteiger partial charge in [-0.3, -0.25) is 0 Å². The molecule has 2 rings (SSSR count).